The van der Waals surface area contributed by atoms with E-state index in [0.717, 1.165) is 9.33 Å². The topological polar surface area (TPSA) is 60.7 Å². The van der Waals surface area contributed by atoms with Crippen LogP contribution in [-0.2, 0) is 0 Å². The van der Waals surface area contributed by atoms with Crippen molar-refractivity contribution in [2.45, 2.75) is 0 Å². The fourth-order valence-electron chi connectivity index (χ4n) is 1.45. The van der Waals surface area contributed by atoms with E-state index >= 15 is 0 Å². The first-order valence-corrected chi connectivity index (χ1v) is 6.18. The van der Waals surface area contributed by atoms with Crippen LogP contribution in [0.5, 0.6) is 0 Å². The number of nitrogens with zero attached hydrogens (tertiary/aromatic N) is 2. The van der Waals surface area contributed by atoms with Crippen molar-refractivity contribution in [3.05, 3.63) is 57.1 Å². The molecule has 2 aromatic rings. The second kappa shape index (κ2) is 5.52. The summed E-state index contributed by atoms with van der Waals surface area (Å²) >= 11 is 2.07. The van der Waals surface area contributed by atoms with Gasteiger partial charge in [-0.15, -0.1) is 0 Å². The first kappa shape index (κ1) is 12.4. The molecule has 0 unspecified atom stereocenters. The number of benzene rings is 1. The minimum atomic E-state index is 0.505. The van der Waals surface area contributed by atoms with Crippen LogP contribution in [0.2, 0.25) is 0 Å². The summed E-state index contributed by atoms with van der Waals surface area (Å²) in [6.45, 7) is 0. The number of hydrogen-bond acceptors (Lipinski definition) is 3. The fourth-order valence-corrected chi connectivity index (χ4v) is 1.89. The van der Waals surface area contributed by atoms with Gasteiger partial charge in [-0.05, 0) is 58.5 Å². The second-order valence-electron chi connectivity index (χ2n) is 3.50. The van der Waals surface area contributed by atoms with Crippen LogP contribution in [0.3, 0.4) is 0 Å². The lowest BCUT2D eigenvalue weighted by molar-refractivity contribution is 0.528. The van der Waals surface area contributed by atoms with Crippen LogP contribution in [0.1, 0.15) is 16.9 Å². The summed E-state index contributed by atoms with van der Waals surface area (Å²) in [6.07, 6.45) is 1.68. The molecule has 0 atom stereocenters. The van der Waals surface area contributed by atoms with Gasteiger partial charge in [0.25, 0.3) is 0 Å². The summed E-state index contributed by atoms with van der Waals surface area (Å²) in [5.74, 6) is 0.639. The molecule has 4 heteroatoms. The Balaban J connectivity index is 2.37. The lowest BCUT2D eigenvalue weighted by Gasteiger charge is -1.98. The third-order valence-electron chi connectivity index (χ3n) is 2.33. The summed E-state index contributed by atoms with van der Waals surface area (Å²) in [4.78, 5) is 0. The van der Waals surface area contributed by atoms with Crippen molar-refractivity contribution in [1.29, 1.82) is 10.5 Å². The smallest absolute Gasteiger partial charge is 0.164 e. The minimum Gasteiger partial charge on any atom is -0.451 e. The molecule has 0 amide bonds. The van der Waals surface area contributed by atoms with Gasteiger partial charge in [-0.25, -0.2) is 0 Å². The molecule has 0 bridgehead atoms. The van der Waals surface area contributed by atoms with Gasteiger partial charge in [0, 0.05) is 0 Å². The molecule has 1 heterocycles. The van der Waals surface area contributed by atoms with Crippen molar-refractivity contribution >= 4 is 34.2 Å². The predicted octanol–water partition coefficient (Wildman–Crippen LogP) is 3.82. The molecule has 0 fully saturated rings. The van der Waals surface area contributed by atoms with E-state index in [2.05, 4.69) is 28.7 Å². The maximum absolute atomic E-state index is 9.15. The van der Waals surface area contributed by atoms with Crippen LogP contribution in [0.15, 0.2) is 40.8 Å². The normalized spacial score (nSPS) is 10.7. The number of halogens is 1. The van der Waals surface area contributed by atoms with E-state index in [1.165, 1.54) is 0 Å². The molecule has 0 aliphatic rings. The monoisotopic (exact) mass is 346 g/mol. The Kier molecular flexibility index (Phi) is 3.81. The number of nitriles is 2. The third kappa shape index (κ3) is 2.79. The Morgan fingerprint density at radius 3 is 2.33 bits per heavy atom. The van der Waals surface area contributed by atoms with Crippen LogP contribution >= 0.6 is 22.6 Å². The van der Waals surface area contributed by atoms with E-state index in [4.69, 9.17) is 14.9 Å². The van der Waals surface area contributed by atoms with Gasteiger partial charge in [0.1, 0.15) is 5.76 Å². The van der Waals surface area contributed by atoms with E-state index in [1.54, 1.807) is 30.3 Å². The summed E-state index contributed by atoms with van der Waals surface area (Å²) < 4.78 is 6.16. The molecule has 18 heavy (non-hydrogen) atoms. The van der Waals surface area contributed by atoms with Crippen molar-refractivity contribution in [2.75, 3.05) is 0 Å². The number of furan rings is 1. The van der Waals surface area contributed by atoms with Crippen molar-refractivity contribution in [3.8, 4) is 12.1 Å². The Labute approximate surface area is 118 Å². The molecule has 1 aromatic carbocycles. The summed E-state index contributed by atoms with van der Waals surface area (Å²) in [5.41, 5.74) is 1.84. The molecule has 2 rings (SSSR count). The molecule has 0 saturated heterocycles. The highest BCUT2D eigenvalue weighted by Crippen LogP contribution is 2.20. The van der Waals surface area contributed by atoms with Gasteiger partial charge in [-0.2, -0.15) is 10.5 Å². The maximum atomic E-state index is 9.15. The first-order valence-electron chi connectivity index (χ1n) is 5.10. The largest absolute Gasteiger partial charge is 0.451 e. The molecule has 0 saturated carbocycles. The van der Waals surface area contributed by atoms with Crippen LogP contribution in [-0.4, -0.2) is 0 Å². The SMILES string of the molecule is N#CC(=Cc1ccc(I)o1)c1ccc(C#N)cc1. The maximum Gasteiger partial charge on any atom is 0.164 e. The van der Waals surface area contributed by atoms with Crippen LogP contribution in [0, 0.1) is 26.4 Å². The van der Waals surface area contributed by atoms with Crippen LogP contribution in [0.4, 0.5) is 0 Å². The highest BCUT2D eigenvalue weighted by molar-refractivity contribution is 14.1. The predicted molar refractivity (Wildman–Crippen MR) is 76.1 cm³/mol. The minimum absolute atomic E-state index is 0.505. The Bertz CT molecular complexity index is 669. The average molecular weight is 346 g/mol. The number of hydrogen-bond donors (Lipinski definition) is 0. The quantitative estimate of drug-likeness (QED) is 0.614. The summed E-state index contributed by atoms with van der Waals surface area (Å²) in [7, 11) is 0. The van der Waals surface area contributed by atoms with Gasteiger partial charge < -0.3 is 4.42 Å². The van der Waals surface area contributed by atoms with Gasteiger partial charge >= 0.3 is 0 Å². The first-order chi connectivity index (χ1) is 8.72. The lowest BCUT2D eigenvalue weighted by atomic mass is 10.0. The molecular formula is C14H7IN2O. The molecular weight excluding hydrogens is 339 g/mol. The highest BCUT2D eigenvalue weighted by atomic mass is 127. The molecule has 86 valence electrons. The molecule has 3 nitrogen and oxygen atoms in total. The van der Waals surface area contributed by atoms with E-state index in [9.17, 15) is 0 Å². The van der Waals surface area contributed by atoms with Gasteiger partial charge in [-0.3, -0.25) is 0 Å². The van der Waals surface area contributed by atoms with E-state index in [1.807, 2.05) is 18.2 Å². The molecule has 0 aliphatic heterocycles. The van der Waals surface area contributed by atoms with Gasteiger partial charge in [0.2, 0.25) is 0 Å². The molecule has 0 aliphatic carbocycles. The standard InChI is InChI=1S/C14H7IN2O/c15-14-6-5-13(18-14)7-12(9-17)11-3-1-10(8-16)2-4-11/h1-7H. The van der Waals surface area contributed by atoms with Gasteiger partial charge in [0.15, 0.2) is 3.77 Å². The molecule has 0 N–H and O–H groups in total. The Hall–Kier alpha value is -2.05. The van der Waals surface area contributed by atoms with Gasteiger partial charge in [-0.1, -0.05) is 12.1 Å². The van der Waals surface area contributed by atoms with Crippen molar-refractivity contribution < 1.29 is 4.42 Å². The lowest BCUT2D eigenvalue weighted by Crippen LogP contribution is -1.82. The molecule has 1 aromatic heterocycles. The average Bonchev–Trinajstić information content (AvgIpc) is 2.82. The second-order valence-corrected chi connectivity index (χ2v) is 4.56. The van der Waals surface area contributed by atoms with Crippen LogP contribution < -0.4 is 0 Å². The van der Waals surface area contributed by atoms with Crippen LogP contribution in [0.25, 0.3) is 11.6 Å². The number of allylic oxidation sites excluding steroid dienone is 1. The van der Waals surface area contributed by atoms with Crippen molar-refractivity contribution in [3.63, 3.8) is 0 Å². The third-order valence-corrected chi connectivity index (χ3v) is 2.91. The summed E-state index contributed by atoms with van der Waals surface area (Å²) in [6, 6.07) is 14.7. The Morgan fingerprint density at radius 2 is 1.83 bits per heavy atom. The zero-order valence-corrected chi connectivity index (χ0v) is 11.4. The van der Waals surface area contributed by atoms with E-state index in [-0.39, 0.29) is 0 Å². The Morgan fingerprint density at radius 1 is 1.11 bits per heavy atom. The number of rotatable bonds is 2. The zero-order valence-electron chi connectivity index (χ0n) is 9.22. The van der Waals surface area contributed by atoms with Gasteiger partial charge in [0.05, 0.1) is 23.3 Å². The van der Waals surface area contributed by atoms with Crippen molar-refractivity contribution in [2.24, 2.45) is 0 Å². The summed E-state index contributed by atoms with van der Waals surface area (Å²) in [5, 5.41) is 17.9. The molecule has 0 radical (unpaired) electrons. The zero-order chi connectivity index (χ0) is 13.0. The molecule has 0 spiro atoms. The van der Waals surface area contributed by atoms with E-state index < -0.39 is 0 Å². The van der Waals surface area contributed by atoms with Crippen molar-refractivity contribution in [1.82, 2.24) is 0 Å². The van der Waals surface area contributed by atoms with E-state index in [0.29, 0.717) is 16.9 Å². The highest BCUT2D eigenvalue weighted by Gasteiger charge is 2.03. The fraction of sp³-hybridized carbons (Fsp3) is 0.